The first-order valence-electron chi connectivity index (χ1n) is 11.1. The number of pyridine rings is 1. The fourth-order valence-corrected chi connectivity index (χ4v) is 4.72. The van der Waals surface area contributed by atoms with E-state index in [1.165, 1.54) is 10.9 Å². The molecular formula is C24H33N3O3. The quantitative estimate of drug-likeness (QED) is 0.728. The van der Waals surface area contributed by atoms with E-state index in [0.29, 0.717) is 18.2 Å². The highest BCUT2D eigenvalue weighted by atomic mass is 16.5. The lowest BCUT2D eigenvalue weighted by atomic mass is 9.91. The van der Waals surface area contributed by atoms with Crippen molar-refractivity contribution in [2.45, 2.75) is 38.6 Å². The van der Waals surface area contributed by atoms with E-state index >= 15 is 0 Å². The van der Waals surface area contributed by atoms with Gasteiger partial charge in [-0.1, -0.05) is 0 Å². The van der Waals surface area contributed by atoms with Gasteiger partial charge in [-0.3, -0.25) is 19.6 Å². The van der Waals surface area contributed by atoms with Crippen LogP contribution in [0.4, 0.5) is 0 Å². The summed E-state index contributed by atoms with van der Waals surface area (Å²) in [5, 5.41) is 2.37. The van der Waals surface area contributed by atoms with Crippen LogP contribution >= 0.6 is 0 Å². The van der Waals surface area contributed by atoms with Crippen molar-refractivity contribution in [3.8, 4) is 5.75 Å². The van der Waals surface area contributed by atoms with E-state index in [9.17, 15) is 4.79 Å². The lowest BCUT2D eigenvalue weighted by molar-refractivity contribution is -0.126. The smallest absolute Gasteiger partial charge is 0.163 e. The van der Waals surface area contributed by atoms with E-state index < -0.39 is 0 Å². The molecule has 1 aromatic heterocycles. The first kappa shape index (κ1) is 21.2. The number of rotatable bonds is 6. The maximum atomic E-state index is 12.8. The molecule has 0 unspecified atom stereocenters. The van der Waals surface area contributed by atoms with Gasteiger partial charge in [0.15, 0.2) is 5.78 Å². The average molecular weight is 412 g/mol. The number of ether oxygens (including phenoxy) is 2. The Hall–Kier alpha value is -2.02. The molecule has 4 rings (SSSR count). The maximum absolute atomic E-state index is 12.8. The standard InChI is InChI=1S/C24H33N3O3/c1-17-21-14-22(25-15-20(21)4-5-24(17)29-3)19-6-8-26(9-7-19)16-23(28)18(2)27-10-12-30-13-11-27/h4-5,14-15,18-19H,6-13,16H2,1-3H3/t18-/m0/s1. The molecule has 1 atom stereocenters. The highest BCUT2D eigenvalue weighted by Gasteiger charge is 2.27. The Balaban J connectivity index is 1.36. The number of hydrogen-bond donors (Lipinski definition) is 0. The predicted octanol–water partition coefficient (Wildman–Crippen LogP) is 3.02. The van der Waals surface area contributed by atoms with Crippen molar-refractivity contribution in [2.75, 3.05) is 53.0 Å². The Bertz CT molecular complexity index is 887. The molecule has 2 aliphatic heterocycles. The molecular weight excluding hydrogens is 378 g/mol. The van der Waals surface area contributed by atoms with Gasteiger partial charge >= 0.3 is 0 Å². The molecule has 0 amide bonds. The number of Topliss-reactive ketones (excluding diaryl/α,β-unsaturated/α-hetero) is 1. The fraction of sp³-hybridized carbons (Fsp3) is 0.583. The number of hydrogen-bond acceptors (Lipinski definition) is 6. The summed E-state index contributed by atoms with van der Waals surface area (Å²) in [6, 6.07) is 6.29. The third-order valence-corrected chi connectivity index (χ3v) is 6.81. The SMILES string of the molecule is COc1ccc2cnc(C3CCN(CC(=O)[C@H](C)N4CCOCC4)CC3)cc2c1C. The highest BCUT2D eigenvalue weighted by Crippen LogP contribution is 2.32. The minimum absolute atomic E-state index is 0.0215. The van der Waals surface area contributed by atoms with Gasteiger partial charge in [-0.15, -0.1) is 0 Å². The zero-order valence-corrected chi connectivity index (χ0v) is 18.4. The third kappa shape index (κ3) is 4.51. The Kier molecular flexibility index (Phi) is 6.66. The number of aromatic nitrogens is 1. The minimum atomic E-state index is -0.0215. The molecule has 3 heterocycles. The second kappa shape index (κ2) is 9.41. The Labute approximate surface area is 179 Å². The molecule has 0 spiro atoms. The number of nitrogens with zero attached hydrogens (tertiary/aromatic N) is 3. The highest BCUT2D eigenvalue weighted by molar-refractivity contribution is 5.87. The van der Waals surface area contributed by atoms with E-state index in [-0.39, 0.29) is 6.04 Å². The topological polar surface area (TPSA) is 54.9 Å². The second-order valence-corrected chi connectivity index (χ2v) is 8.56. The van der Waals surface area contributed by atoms with Gasteiger partial charge in [0.1, 0.15) is 5.75 Å². The summed E-state index contributed by atoms with van der Waals surface area (Å²) >= 11 is 0. The van der Waals surface area contributed by atoms with Gasteiger partial charge in [-0.25, -0.2) is 0 Å². The van der Waals surface area contributed by atoms with Crippen LogP contribution in [0.25, 0.3) is 10.8 Å². The van der Waals surface area contributed by atoms with Crippen LogP contribution in [0.1, 0.15) is 36.9 Å². The maximum Gasteiger partial charge on any atom is 0.163 e. The van der Waals surface area contributed by atoms with Crippen LogP contribution in [-0.4, -0.2) is 79.7 Å². The molecule has 162 valence electrons. The lowest BCUT2D eigenvalue weighted by Gasteiger charge is -2.35. The van der Waals surface area contributed by atoms with Crippen LogP contribution in [0.2, 0.25) is 0 Å². The number of benzene rings is 1. The summed E-state index contributed by atoms with van der Waals surface area (Å²) in [6.07, 6.45) is 4.07. The van der Waals surface area contributed by atoms with Crippen LogP contribution in [0.3, 0.4) is 0 Å². The van der Waals surface area contributed by atoms with Crippen molar-refractivity contribution in [3.63, 3.8) is 0 Å². The average Bonchev–Trinajstić information content (AvgIpc) is 2.80. The summed E-state index contributed by atoms with van der Waals surface area (Å²) in [6.45, 7) is 9.75. The van der Waals surface area contributed by atoms with Crippen molar-refractivity contribution in [1.82, 2.24) is 14.8 Å². The number of aryl methyl sites for hydroxylation is 1. The van der Waals surface area contributed by atoms with Gasteiger partial charge < -0.3 is 9.47 Å². The molecule has 1 aromatic carbocycles. The first-order valence-corrected chi connectivity index (χ1v) is 11.1. The molecule has 30 heavy (non-hydrogen) atoms. The Morgan fingerprint density at radius 1 is 1.23 bits per heavy atom. The molecule has 0 N–H and O–H groups in total. The Morgan fingerprint density at radius 3 is 2.67 bits per heavy atom. The van der Waals surface area contributed by atoms with Crippen molar-refractivity contribution < 1.29 is 14.3 Å². The lowest BCUT2D eigenvalue weighted by Crippen LogP contribution is -2.49. The Morgan fingerprint density at radius 2 is 1.97 bits per heavy atom. The van der Waals surface area contributed by atoms with E-state index in [1.54, 1.807) is 7.11 Å². The van der Waals surface area contributed by atoms with E-state index in [1.807, 2.05) is 19.2 Å². The molecule has 6 heteroatoms. The summed E-state index contributed by atoms with van der Waals surface area (Å²) in [5.74, 6) is 1.69. The van der Waals surface area contributed by atoms with Gasteiger partial charge in [0.05, 0.1) is 32.9 Å². The van der Waals surface area contributed by atoms with Crippen LogP contribution in [0.15, 0.2) is 24.4 Å². The summed E-state index contributed by atoms with van der Waals surface area (Å²) in [7, 11) is 1.72. The van der Waals surface area contributed by atoms with E-state index in [0.717, 1.165) is 69.1 Å². The number of ketones is 1. The first-order chi connectivity index (χ1) is 14.6. The monoisotopic (exact) mass is 411 g/mol. The number of piperidine rings is 1. The van der Waals surface area contributed by atoms with Gasteiger partial charge in [-0.2, -0.15) is 0 Å². The van der Waals surface area contributed by atoms with Crippen LogP contribution < -0.4 is 4.74 Å². The van der Waals surface area contributed by atoms with E-state index in [2.05, 4.69) is 28.9 Å². The number of likely N-dealkylation sites (tertiary alicyclic amines) is 1. The number of methoxy groups -OCH3 is 1. The van der Waals surface area contributed by atoms with Crippen molar-refractivity contribution in [1.29, 1.82) is 0 Å². The zero-order valence-electron chi connectivity index (χ0n) is 18.4. The summed E-state index contributed by atoms with van der Waals surface area (Å²) in [4.78, 5) is 22.1. The molecule has 2 aliphatic rings. The zero-order chi connectivity index (χ0) is 21.1. The van der Waals surface area contributed by atoms with Gasteiger partial charge in [-0.05, 0) is 68.9 Å². The third-order valence-electron chi connectivity index (χ3n) is 6.81. The van der Waals surface area contributed by atoms with Crippen LogP contribution in [0.5, 0.6) is 5.75 Å². The molecule has 0 bridgehead atoms. The molecule has 6 nitrogen and oxygen atoms in total. The number of carbonyl (C=O) groups is 1. The normalized spacial score (nSPS) is 20.4. The number of carbonyl (C=O) groups excluding carboxylic acids is 1. The molecule has 0 radical (unpaired) electrons. The number of fused-ring (bicyclic) bond motifs is 1. The summed E-state index contributed by atoms with van der Waals surface area (Å²) in [5.41, 5.74) is 2.32. The molecule has 2 aromatic rings. The van der Waals surface area contributed by atoms with Gasteiger partial charge in [0.2, 0.25) is 0 Å². The molecule has 2 saturated heterocycles. The van der Waals surface area contributed by atoms with Crippen molar-refractivity contribution in [2.24, 2.45) is 0 Å². The molecule has 2 fully saturated rings. The van der Waals surface area contributed by atoms with Crippen LogP contribution in [-0.2, 0) is 9.53 Å². The number of morpholine rings is 1. The van der Waals surface area contributed by atoms with Crippen LogP contribution in [0, 0.1) is 6.92 Å². The molecule has 0 saturated carbocycles. The van der Waals surface area contributed by atoms with Crippen molar-refractivity contribution in [3.05, 3.63) is 35.7 Å². The fourth-order valence-electron chi connectivity index (χ4n) is 4.72. The van der Waals surface area contributed by atoms with Crippen molar-refractivity contribution >= 4 is 16.6 Å². The second-order valence-electron chi connectivity index (χ2n) is 8.56. The minimum Gasteiger partial charge on any atom is -0.496 e. The van der Waals surface area contributed by atoms with E-state index in [4.69, 9.17) is 14.5 Å². The van der Waals surface area contributed by atoms with Gasteiger partial charge in [0.25, 0.3) is 0 Å². The predicted molar refractivity (Wildman–Crippen MR) is 118 cm³/mol. The molecule has 0 aliphatic carbocycles. The van der Waals surface area contributed by atoms with Gasteiger partial charge in [0, 0.05) is 36.3 Å². The largest absolute Gasteiger partial charge is 0.496 e. The summed E-state index contributed by atoms with van der Waals surface area (Å²) < 4.78 is 10.9.